The van der Waals surface area contributed by atoms with Crippen molar-refractivity contribution >= 4 is 33.3 Å². The Hall–Kier alpha value is -3.26. The second-order valence-corrected chi connectivity index (χ2v) is 6.50. The molecule has 0 spiro atoms. The maximum Gasteiger partial charge on any atom is 0.387 e. The van der Waals surface area contributed by atoms with Crippen molar-refractivity contribution in [3.05, 3.63) is 65.7 Å². The number of nitrogens with zero attached hydrogens (tertiary/aromatic N) is 1. The molecule has 0 aliphatic heterocycles. The van der Waals surface area contributed by atoms with Gasteiger partial charge in [-0.3, -0.25) is 10.1 Å². The molecule has 1 amide bonds. The van der Waals surface area contributed by atoms with Gasteiger partial charge in [-0.25, -0.2) is 4.98 Å². The fourth-order valence-electron chi connectivity index (χ4n) is 2.69. The highest BCUT2D eigenvalue weighted by molar-refractivity contribution is 7.14. The number of carbonyl (C=O) groups excluding carboxylic acids is 1. The van der Waals surface area contributed by atoms with Crippen LogP contribution in [0.3, 0.4) is 0 Å². The Balaban J connectivity index is 1.55. The van der Waals surface area contributed by atoms with Gasteiger partial charge in [-0.2, -0.15) is 8.78 Å². The van der Waals surface area contributed by atoms with Gasteiger partial charge in [-0.1, -0.05) is 30.3 Å². The van der Waals surface area contributed by atoms with Crippen LogP contribution in [0.15, 0.2) is 60.0 Å². The molecule has 2 aromatic carbocycles. The van der Waals surface area contributed by atoms with Crippen LogP contribution < -0.4 is 10.1 Å². The Bertz CT molecular complexity index is 1070. The summed E-state index contributed by atoms with van der Waals surface area (Å²) >= 11 is 1.20. The van der Waals surface area contributed by atoms with Crippen LogP contribution in [0.1, 0.15) is 10.5 Å². The number of fused-ring (bicyclic) bond motifs is 1. The summed E-state index contributed by atoms with van der Waals surface area (Å²) in [6.45, 7) is -2.93. The minimum absolute atomic E-state index is 0.0336. The molecule has 5 nitrogen and oxygen atoms in total. The van der Waals surface area contributed by atoms with E-state index in [1.807, 2.05) is 24.3 Å². The van der Waals surface area contributed by atoms with E-state index in [1.165, 1.54) is 17.4 Å². The Morgan fingerprint density at radius 3 is 2.74 bits per heavy atom. The van der Waals surface area contributed by atoms with Gasteiger partial charge in [-0.05, 0) is 24.3 Å². The van der Waals surface area contributed by atoms with Crippen molar-refractivity contribution in [1.29, 1.82) is 0 Å². The van der Waals surface area contributed by atoms with Gasteiger partial charge in [0.05, 0.1) is 5.69 Å². The smallest absolute Gasteiger partial charge is 0.387 e. The van der Waals surface area contributed by atoms with Crippen molar-refractivity contribution in [2.24, 2.45) is 0 Å². The summed E-state index contributed by atoms with van der Waals surface area (Å²) in [6, 6.07) is 15.7. The topological polar surface area (TPSA) is 67.0 Å². The number of aromatic nitrogens is 2. The second-order valence-electron chi connectivity index (χ2n) is 5.64. The van der Waals surface area contributed by atoms with Crippen LogP contribution in [-0.4, -0.2) is 22.5 Å². The molecular formula is C19H13F2N3O2S. The number of carbonyl (C=O) groups is 1. The summed E-state index contributed by atoms with van der Waals surface area (Å²) < 4.78 is 29.7. The lowest BCUT2D eigenvalue weighted by Crippen LogP contribution is -2.11. The van der Waals surface area contributed by atoms with Crippen LogP contribution in [0, 0.1) is 0 Å². The second kappa shape index (κ2) is 7.16. The first-order chi connectivity index (χ1) is 13.1. The maximum atomic E-state index is 12.6. The number of ether oxygens (including phenoxy) is 1. The molecule has 0 bridgehead atoms. The molecule has 27 heavy (non-hydrogen) atoms. The van der Waals surface area contributed by atoms with Crippen LogP contribution in [0.5, 0.6) is 5.75 Å². The third kappa shape index (κ3) is 3.65. The number of rotatable bonds is 5. The lowest BCUT2D eigenvalue weighted by molar-refractivity contribution is -0.0494. The molecule has 0 fully saturated rings. The van der Waals surface area contributed by atoms with E-state index >= 15 is 0 Å². The number of benzene rings is 2. The van der Waals surface area contributed by atoms with Crippen LogP contribution in [-0.2, 0) is 0 Å². The SMILES string of the molecule is O=C(Nc1nc(-c2ccccc2OC(F)F)cs1)c1cc2ccccc2[nH]1. The van der Waals surface area contributed by atoms with E-state index < -0.39 is 6.61 Å². The summed E-state index contributed by atoms with van der Waals surface area (Å²) in [5, 5.41) is 5.69. The fraction of sp³-hybridized carbons (Fsp3) is 0.0526. The largest absolute Gasteiger partial charge is 0.434 e. The number of thiazole rings is 1. The average molecular weight is 385 g/mol. The standard InChI is InChI=1S/C19H13F2N3O2S/c20-18(21)26-16-8-4-2-6-12(16)15-10-27-19(23-15)24-17(25)14-9-11-5-1-3-7-13(11)22-14/h1-10,18,22H,(H,23,24,25). The molecule has 2 heterocycles. The first-order valence-electron chi connectivity index (χ1n) is 7.99. The predicted molar refractivity (Wildman–Crippen MR) is 100 cm³/mol. The fourth-order valence-corrected chi connectivity index (χ4v) is 3.40. The first-order valence-corrected chi connectivity index (χ1v) is 8.87. The summed E-state index contributed by atoms with van der Waals surface area (Å²) in [7, 11) is 0. The monoisotopic (exact) mass is 385 g/mol. The normalized spacial score (nSPS) is 11.1. The third-order valence-electron chi connectivity index (χ3n) is 3.88. The number of amides is 1. The van der Waals surface area contributed by atoms with E-state index in [0.29, 0.717) is 22.1 Å². The third-order valence-corrected chi connectivity index (χ3v) is 4.64. The minimum atomic E-state index is -2.93. The van der Waals surface area contributed by atoms with Crippen molar-refractivity contribution in [2.75, 3.05) is 5.32 Å². The number of hydrogen-bond donors (Lipinski definition) is 2. The number of halogens is 2. The number of hydrogen-bond acceptors (Lipinski definition) is 4. The molecule has 8 heteroatoms. The van der Waals surface area contributed by atoms with E-state index in [-0.39, 0.29) is 11.7 Å². The number of anilines is 1. The maximum absolute atomic E-state index is 12.6. The summed E-state index contributed by atoms with van der Waals surface area (Å²) in [5.41, 5.74) is 2.15. The molecule has 2 N–H and O–H groups in total. The van der Waals surface area contributed by atoms with Crippen LogP contribution in [0.4, 0.5) is 13.9 Å². The zero-order chi connectivity index (χ0) is 18.8. The van der Waals surface area contributed by atoms with Gasteiger partial charge in [0, 0.05) is 21.8 Å². The summed E-state index contributed by atoms with van der Waals surface area (Å²) in [6.07, 6.45) is 0. The van der Waals surface area contributed by atoms with Crippen molar-refractivity contribution in [3.63, 3.8) is 0 Å². The molecule has 0 unspecified atom stereocenters. The zero-order valence-corrected chi connectivity index (χ0v) is 14.6. The van der Waals surface area contributed by atoms with Crippen LogP contribution in [0.25, 0.3) is 22.2 Å². The number of nitrogens with one attached hydrogen (secondary N) is 2. The Morgan fingerprint density at radius 1 is 1.15 bits per heavy atom. The van der Waals surface area contributed by atoms with E-state index in [2.05, 4.69) is 20.0 Å². The molecule has 0 radical (unpaired) electrons. The molecule has 0 aliphatic carbocycles. The summed E-state index contributed by atoms with van der Waals surface area (Å²) in [4.78, 5) is 19.8. The predicted octanol–water partition coefficient (Wildman–Crippen LogP) is 5.15. The molecule has 2 aromatic heterocycles. The van der Waals surface area contributed by atoms with Gasteiger partial charge in [0.25, 0.3) is 5.91 Å². The average Bonchev–Trinajstić information content (AvgIpc) is 3.28. The number of para-hydroxylation sites is 2. The van der Waals surface area contributed by atoms with Gasteiger partial charge < -0.3 is 9.72 Å². The van der Waals surface area contributed by atoms with Gasteiger partial charge >= 0.3 is 6.61 Å². The number of alkyl halides is 2. The van der Waals surface area contributed by atoms with E-state index in [4.69, 9.17) is 0 Å². The van der Waals surface area contributed by atoms with Gasteiger partial charge in [0.15, 0.2) is 5.13 Å². The highest BCUT2D eigenvalue weighted by Gasteiger charge is 2.15. The first kappa shape index (κ1) is 17.2. The molecule has 136 valence electrons. The van der Waals surface area contributed by atoms with E-state index in [0.717, 1.165) is 10.9 Å². The molecule has 0 aliphatic rings. The van der Waals surface area contributed by atoms with Crippen LogP contribution in [0.2, 0.25) is 0 Å². The minimum Gasteiger partial charge on any atom is -0.434 e. The van der Waals surface area contributed by atoms with Gasteiger partial charge in [0.1, 0.15) is 11.4 Å². The number of H-pyrrole nitrogens is 1. The van der Waals surface area contributed by atoms with Crippen LogP contribution >= 0.6 is 11.3 Å². The molecule has 0 saturated heterocycles. The summed E-state index contributed by atoms with van der Waals surface area (Å²) in [5.74, 6) is -0.296. The van der Waals surface area contributed by atoms with E-state index in [1.54, 1.807) is 29.6 Å². The highest BCUT2D eigenvalue weighted by atomic mass is 32.1. The van der Waals surface area contributed by atoms with Crippen molar-refractivity contribution in [2.45, 2.75) is 6.61 Å². The Kier molecular flexibility index (Phi) is 4.55. The molecule has 0 atom stereocenters. The van der Waals surface area contributed by atoms with Gasteiger partial charge in [0.2, 0.25) is 0 Å². The van der Waals surface area contributed by atoms with E-state index in [9.17, 15) is 13.6 Å². The molecule has 0 saturated carbocycles. The quantitative estimate of drug-likeness (QED) is 0.500. The number of aromatic amines is 1. The Labute approximate surface area is 156 Å². The zero-order valence-electron chi connectivity index (χ0n) is 13.8. The molecule has 4 rings (SSSR count). The van der Waals surface area contributed by atoms with Crippen molar-refractivity contribution < 1.29 is 18.3 Å². The van der Waals surface area contributed by atoms with Crippen molar-refractivity contribution in [1.82, 2.24) is 9.97 Å². The van der Waals surface area contributed by atoms with Gasteiger partial charge in [-0.15, -0.1) is 11.3 Å². The molecular weight excluding hydrogens is 372 g/mol. The Morgan fingerprint density at radius 2 is 1.93 bits per heavy atom. The highest BCUT2D eigenvalue weighted by Crippen LogP contribution is 2.33. The lowest BCUT2D eigenvalue weighted by Gasteiger charge is -2.08. The van der Waals surface area contributed by atoms with Crippen molar-refractivity contribution in [3.8, 4) is 17.0 Å². The molecule has 4 aromatic rings. The lowest BCUT2D eigenvalue weighted by atomic mass is 10.1.